The van der Waals surface area contributed by atoms with Crippen LogP contribution in [0.25, 0.3) is 5.95 Å². The summed E-state index contributed by atoms with van der Waals surface area (Å²) in [5.41, 5.74) is 2.48. The Balaban J connectivity index is 1.92. The fraction of sp³-hybridized carbons (Fsp3) is 0.300. The maximum atomic E-state index is 12.5. The minimum Gasteiger partial charge on any atom is -0.496 e. The number of carbonyl (C=O) groups is 1. The number of aromatic nitrogens is 4. The summed E-state index contributed by atoms with van der Waals surface area (Å²) >= 11 is 1.49. The Hall–Kier alpha value is -3.27. The van der Waals surface area contributed by atoms with Crippen LogP contribution in [0.1, 0.15) is 22.1 Å². The van der Waals surface area contributed by atoms with E-state index in [1.54, 1.807) is 50.5 Å². The van der Waals surface area contributed by atoms with E-state index in [0.717, 1.165) is 16.8 Å². The summed E-state index contributed by atoms with van der Waals surface area (Å²) in [6.07, 6.45) is 3.27. The normalized spacial score (nSPS) is 15.7. The van der Waals surface area contributed by atoms with Crippen LogP contribution in [0.2, 0.25) is 0 Å². The molecule has 9 nitrogen and oxygen atoms in total. The van der Waals surface area contributed by atoms with Crippen molar-refractivity contribution < 1.29 is 19.0 Å². The fourth-order valence-electron chi connectivity index (χ4n) is 3.43. The maximum absolute atomic E-state index is 12.5. The van der Waals surface area contributed by atoms with Gasteiger partial charge in [-0.1, -0.05) is 0 Å². The summed E-state index contributed by atoms with van der Waals surface area (Å²) in [5, 5.41) is 7.35. The molecular formula is C20H21N5O4S. The maximum Gasteiger partial charge on any atom is 0.252 e. The lowest BCUT2D eigenvalue weighted by atomic mass is 10.0. The quantitative estimate of drug-likeness (QED) is 0.663. The van der Waals surface area contributed by atoms with Crippen LogP contribution in [0, 0.1) is 6.92 Å². The Morgan fingerprint density at radius 1 is 1.07 bits per heavy atom. The monoisotopic (exact) mass is 427 g/mol. The number of benzene rings is 1. The van der Waals surface area contributed by atoms with Gasteiger partial charge in [-0.2, -0.15) is 9.78 Å². The molecule has 0 saturated heterocycles. The van der Waals surface area contributed by atoms with Crippen LogP contribution >= 0.6 is 11.8 Å². The van der Waals surface area contributed by atoms with Crippen molar-refractivity contribution in [1.82, 2.24) is 19.7 Å². The first-order valence-corrected chi connectivity index (χ1v) is 10.2. The van der Waals surface area contributed by atoms with Crippen molar-refractivity contribution in [1.29, 1.82) is 0 Å². The summed E-state index contributed by atoms with van der Waals surface area (Å²) in [6.45, 7) is 1.90. The highest BCUT2D eigenvalue weighted by atomic mass is 32.2. The largest absolute Gasteiger partial charge is 0.496 e. The first-order chi connectivity index (χ1) is 14.6. The number of aryl methyl sites for hydroxylation is 1. The second kappa shape index (κ2) is 8.23. The number of hydrogen-bond acceptors (Lipinski definition) is 8. The molecular weight excluding hydrogens is 406 g/mol. The van der Waals surface area contributed by atoms with Crippen molar-refractivity contribution in [2.24, 2.45) is 0 Å². The molecule has 10 heteroatoms. The van der Waals surface area contributed by atoms with Crippen LogP contribution < -0.4 is 19.5 Å². The van der Waals surface area contributed by atoms with Gasteiger partial charge < -0.3 is 19.5 Å². The van der Waals surface area contributed by atoms with E-state index in [0.29, 0.717) is 29.0 Å². The molecule has 30 heavy (non-hydrogen) atoms. The number of methoxy groups -OCH3 is 3. The van der Waals surface area contributed by atoms with Crippen LogP contribution in [-0.2, 0) is 4.79 Å². The van der Waals surface area contributed by atoms with Crippen LogP contribution in [0.15, 0.2) is 30.6 Å². The molecule has 4 rings (SSSR count). The highest BCUT2D eigenvalue weighted by molar-refractivity contribution is 8.00. The fourth-order valence-corrected chi connectivity index (χ4v) is 4.64. The van der Waals surface area contributed by atoms with E-state index in [1.165, 1.54) is 11.8 Å². The third-order valence-corrected chi connectivity index (χ3v) is 6.02. The molecule has 1 aliphatic rings. The lowest BCUT2D eigenvalue weighted by Gasteiger charge is -2.20. The molecule has 1 aromatic carbocycles. The summed E-state index contributed by atoms with van der Waals surface area (Å²) in [6, 6.07) is 5.39. The Bertz CT molecular complexity index is 1090. The van der Waals surface area contributed by atoms with Crippen LogP contribution in [0.5, 0.6) is 17.2 Å². The van der Waals surface area contributed by atoms with E-state index < -0.39 is 0 Å². The molecule has 1 atom stereocenters. The highest BCUT2D eigenvalue weighted by Crippen LogP contribution is 2.49. The molecule has 1 amide bonds. The third-order valence-electron chi connectivity index (χ3n) is 4.77. The van der Waals surface area contributed by atoms with Gasteiger partial charge in [-0.3, -0.25) is 4.79 Å². The third kappa shape index (κ3) is 3.43. The molecule has 3 heterocycles. The predicted molar refractivity (Wildman–Crippen MR) is 113 cm³/mol. The average Bonchev–Trinajstić information content (AvgIpc) is 2.98. The summed E-state index contributed by atoms with van der Waals surface area (Å²) in [4.78, 5) is 21.1. The Morgan fingerprint density at radius 2 is 1.73 bits per heavy atom. The highest BCUT2D eigenvalue weighted by Gasteiger charge is 2.33. The minimum atomic E-state index is -0.230. The van der Waals surface area contributed by atoms with E-state index in [-0.39, 0.29) is 16.9 Å². The van der Waals surface area contributed by atoms with Crippen LogP contribution in [0.3, 0.4) is 0 Å². The van der Waals surface area contributed by atoms with E-state index in [9.17, 15) is 4.79 Å². The van der Waals surface area contributed by atoms with Crippen molar-refractivity contribution >= 4 is 23.5 Å². The number of thioether (sulfide) groups is 1. The van der Waals surface area contributed by atoms with Crippen molar-refractivity contribution in [2.45, 2.75) is 12.2 Å². The van der Waals surface area contributed by atoms with Crippen LogP contribution in [-0.4, -0.2) is 52.7 Å². The zero-order chi connectivity index (χ0) is 21.3. The van der Waals surface area contributed by atoms with Gasteiger partial charge in [0.2, 0.25) is 5.91 Å². The molecule has 0 fully saturated rings. The van der Waals surface area contributed by atoms with Crippen molar-refractivity contribution in [2.75, 3.05) is 32.4 Å². The van der Waals surface area contributed by atoms with Crippen molar-refractivity contribution in [3.05, 3.63) is 47.4 Å². The van der Waals surface area contributed by atoms with Gasteiger partial charge in [0, 0.05) is 29.6 Å². The SMILES string of the molecule is COc1cc(OC)c([C@@H]2SCC(=O)Nc3c2c(C)nn3-c2ncccn2)cc1OC. The number of carbonyl (C=O) groups excluding carboxylic acids is 1. The first-order valence-electron chi connectivity index (χ1n) is 9.15. The lowest BCUT2D eigenvalue weighted by Crippen LogP contribution is -2.16. The molecule has 1 aliphatic heterocycles. The zero-order valence-electron chi connectivity index (χ0n) is 17.0. The molecule has 0 unspecified atom stereocenters. The standard InChI is InChI=1S/C20H21N5O4S/c1-11-17-18(12-8-14(28-3)15(29-4)9-13(12)27-2)30-10-16(26)23-19(17)25(24-11)20-21-6-5-7-22-20/h5-9,18H,10H2,1-4H3,(H,23,26)/t18-/m0/s1. The summed E-state index contributed by atoms with van der Waals surface area (Å²) in [5.74, 6) is 2.86. The number of amides is 1. The summed E-state index contributed by atoms with van der Waals surface area (Å²) in [7, 11) is 4.76. The second-order valence-corrected chi connectivity index (χ2v) is 7.59. The van der Waals surface area contributed by atoms with E-state index >= 15 is 0 Å². The Kier molecular flexibility index (Phi) is 5.49. The minimum absolute atomic E-state index is 0.125. The van der Waals surface area contributed by atoms with Crippen LogP contribution in [0.4, 0.5) is 5.82 Å². The predicted octanol–water partition coefficient (Wildman–Crippen LogP) is 2.77. The van der Waals surface area contributed by atoms with Gasteiger partial charge in [0.05, 0.1) is 38.0 Å². The van der Waals surface area contributed by atoms with Gasteiger partial charge in [-0.15, -0.1) is 11.8 Å². The molecule has 0 aliphatic carbocycles. The molecule has 0 radical (unpaired) electrons. The van der Waals surface area contributed by atoms with E-state index in [4.69, 9.17) is 14.2 Å². The molecule has 0 spiro atoms. The van der Waals surface area contributed by atoms with Crippen molar-refractivity contribution in [3.63, 3.8) is 0 Å². The van der Waals surface area contributed by atoms with Gasteiger partial charge in [0.15, 0.2) is 11.5 Å². The number of rotatable bonds is 5. The number of fused-ring (bicyclic) bond motifs is 1. The number of nitrogens with one attached hydrogen (secondary N) is 1. The van der Waals surface area contributed by atoms with E-state index in [1.807, 2.05) is 13.0 Å². The van der Waals surface area contributed by atoms with Crippen molar-refractivity contribution in [3.8, 4) is 23.2 Å². The Morgan fingerprint density at radius 3 is 2.40 bits per heavy atom. The number of hydrogen-bond donors (Lipinski definition) is 1. The van der Waals surface area contributed by atoms with Gasteiger partial charge in [0.1, 0.15) is 11.6 Å². The molecule has 156 valence electrons. The lowest BCUT2D eigenvalue weighted by molar-refractivity contribution is -0.113. The number of ether oxygens (including phenoxy) is 3. The van der Waals surface area contributed by atoms with Gasteiger partial charge in [-0.25, -0.2) is 9.97 Å². The molecule has 0 saturated carbocycles. The average molecular weight is 427 g/mol. The zero-order valence-corrected chi connectivity index (χ0v) is 17.8. The van der Waals surface area contributed by atoms with Gasteiger partial charge in [0.25, 0.3) is 5.95 Å². The molecule has 3 aromatic rings. The molecule has 0 bridgehead atoms. The number of anilines is 1. The molecule has 2 aromatic heterocycles. The number of nitrogens with zero attached hydrogens (tertiary/aromatic N) is 4. The smallest absolute Gasteiger partial charge is 0.252 e. The Labute approximate surface area is 177 Å². The van der Waals surface area contributed by atoms with Gasteiger partial charge in [-0.05, 0) is 19.1 Å². The second-order valence-electron chi connectivity index (χ2n) is 6.50. The van der Waals surface area contributed by atoms with E-state index in [2.05, 4.69) is 20.4 Å². The first kappa shape index (κ1) is 20.0. The van der Waals surface area contributed by atoms with Gasteiger partial charge >= 0.3 is 0 Å². The summed E-state index contributed by atoms with van der Waals surface area (Å²) < 4.78 is 18.1. The molecule has 1 N–H and O–H groups in total. The topological polar surface area (TPSA) is 100 Å².